The Balaban J connectivity index is 1.32. The van der Waals surface area contributed by atoms with Crippen molar-refractivity contribution in [1.29, 1.82) is 0 Å². The Morgan fingerprint density at radius 3 is 2.42 bits per heavy atom. The number of aromatic amines is 1. The van der Waals surface area contributed by atoms with Crippen LogP contribution in [0.3, 0.4) is 0 Å². The lowest BCUT2D eigenvalue weighted by Crippen LogP contribution is -2.14. The molecule has 0 spiro atoms. The Bertz CT molecular complexity index is 1460. The fraction of sp³-hybridized carbons (Fsp3) is 0. The third-order valence-corrected chi connectivity index (χ3v) is 4.99. The molecule has 2 amide bonds. The van der Waals surface area contributed by atoms with E-state index in [1.807, 2.05) is 0 Å². The zero-order chi connectivity index (χ0) is 22.8. The molecule has 162 valence electrons. The highest BCUT2D eigenvalue weighted by Gasteiger charge is 2.12. The fourth-order valence-electron chi connectivity index (χ4n) is 3.37. The van der Waals surface area contributed by atoms with Crippen molar-refractivity contribution in [3.8, 4) is 11.4 Å². The van der Waals surface area contributed by atoms with E-state index in [0.29, 0.717) is 22.8 Å². The summed E-state index contributed by atoms with van der Waals surface area (Å²) in [6.07, 6.45) is 1.41. The second-order valence-corrected chi connectivity index (χ2v) is 7.29. The van der Waals surface area contributed by atoms with Gasteiger partial charge in [-0.2, -0.15) is 0 Å². The molecule has 0 saturated heterocycles. The zero-order valence-electron chi connectivity index (χ0n) is 17.1. The third-order valence-electron chi connectivity index (χ3n) is 4.99. The minimum absolute atomic E-state index is 0.178. The highest BCUT2D eigenvalue weighted by Crippen LogP contribution is 2.24. The van der Waals surface area contributed by atoms with Crippen LogP contribution in [0.2, 0.25) is 0 Å². The molecule has 33 heavy (non-hydrogen) atoms. The molecule has 8 heteroatoms. The summed E-state index contributed by atoms with van der Waals surface area (Å²) in [5, 5.41) is 5.55. The van der Waals surface area contributed by atoms with E-state index in [4.69, 9.17) is 4.42 Å². The lowest BCUT2D eigenvalue weighted by Gasteiger charge is -2.08. The van der Waals surface area contributed by atoms with Crippen LogP contribution in [0.15, 0.2) is 89.5 Å². The monoisotopic (exact) mass is 440 g/mol. The van der Waals surface area contributed by atoms with Crippen molar-refractivity contribution in [3.05, 3.63) is 102 Å². The summed E-state index contributed by atoms with van der Waals surface area (Å²) in [6, 6.07) is 21.1. The molecule has 0 aliphatic rings. The zero-order valence-corrected chi connectivity index (χ0v) is 17.1. The van der Waals surface area contributed by atoms with Gasteiger partial charge in [0.2, 0.25) is 0 Å². The van der Waals surface area contributed by atoms with Crippen molar-refractivity contribution < 1.29 is 18.4 Å². The first-order valence-corrected chi connectivity index (χ1v) is 10.1. The molecule has 3 aromatic carbocycles. The first-order valence-electron chi connectivity index (χ1n) is 10.1. The quantitative estimate of drug-likeness (QED) is 0.338. The molecule has 0 unspecified atom stereocenters. The molecule has 7 nitrogen and oxygen atoms in total. The molecule has 0 bridgehead atoms. The molecule has 0 fully saturated rings. The molecular formula is C25H17FN4O3. The van der Waals surface area contributed by atoms with Gasteiger partial charge in [-0.15, -0.1) is 0 Å². The summed E-state index contributed by atoms with van der Waals surface area (Å²) >= 11 is 0. The second kappa shape index (κ2) is 8.43. The molecule has 2 aromatic heterocycles. The Morgan fingerprint density at radius 1 is 0.848 bits per heavy atom. The van der Waals surface area contributed by atoms with Crippen molar-refractivity contribution in [3.63, 3.8) is 0 Å². The first-order chi connectivity index (χ1) is 16.0. The summed E-state index contributed by atoms with van der Waals surface area (Å²) in [6.45, 7) is 0. The first kappa shape index (κ1) is 20.2. The number of anilines is 2. The summed E-state index contributed by atoms with van der Waals surface area (Å²) in [5.74, 6) is -0.267. The van der Waals surface area contributed by atoms with E-state index >= 15 is 0 Å². The number of aromatic nitrogens is 2. The van der Waals surface area contributed by atoms with Crippen LogP contribution in [0, 0.1) is 5.82 Å². The van der Waals surface area contributed by atoms with Crippen LogP contribution in [-0.2, 0) is 0 Å². The molecule has 0 aliphatic heterocycles. The molecule has 0 radical (unpaired) electrons. The van der Waals surface area contributed by atoms with Crippen molar-refractivity contribution in [2.24, 2.45) is 0 Å². The Kier molecular flexibility index (Phi) is 5.16. The normalized spacial score (nSPS) is 10.8. The van der Waals surface area contributed by atoms with E-state index in [2.05, 4.69) is 20.6 Å². The number of amides is 2. The lowest BCUT2D eigenvalue weighted by atomic mass is 10.1. The number of nitrogens with zero attached hydrogens (tertiary/aromatic N) is 1. The smallest absolute Gasteiger partial charge is 0.291 e. The van der Waals surface area contributed by atoms with Crippen LogP contribution < -0.4 is 10.6 Å². The van der Waals surface area contributed by atoms with E-state index in [-0.39, 0.29) is 17.5 Å². The van der Waals surface area contributed by atoms with Crippen molar-refractivity contribution in [2.45, 2.75) is 0 Å². The minimum Gasteiger partial charge on any atom is -0.459 e. The van der Waals surface area contributed by atoms with Crippen LogP contribution in [0.1, 0.15) is 20.9 Å². The van der Waals surface area contributed by atoms with Crippen molar-refractivity contribution in [1.82, 2.24) is 9.97 Å². The van der Waals surface area contributed by atoms with E-state index in [9.17, 15) is 14.0 Å². The van der Waals surface area contributed by atoms with Crippen molar-refractivity contribution >= 4 is 34.2 Å². The summed E-state index contributed by atoms with van der Waals surface area (Å²) < 4.78 is 18.3. The van der Waals surface area contributed by atoms with Crippen LogP contribution in [0.5, 0.6) is 0 Å². The van der Waals surface area contributed by atoms with Gasteiger partial charge < -0.3 is 20.0 Å². The molecule has 2 heterocycles. The standard InChI is InChI=1S/C25H17FN4O3/c26-17-8-6-15(7-9-17)23-29-20-11-10-19(14-21(20)30-23)27-24(31)16-3-1-4-18(13-16)28-25(32)22-5-2-12-33-22/h1-14H,(H,27,31)(H,28,32)(H,29,30). The van der Waals surface area contributed by atoms with Gasteiger partial charge in [-0.25, -0.2) is 9.37 Å². The van der Waals surface area contributed by atoms with Gasteiger partial charge in [0.1, 0.15) is 11.6 Å². The maximum Gasteiger partial charge on any atom is 0.291 e. The van der Waals surface area contributed by atoms with E-state index in [1.54, 1.807) is 66.7 Å². The Labute approximate surface area is 187 Å². The third kappa shape index (κ3) is 4.35. The maximum atomic E-state index is 13.2. The minimum atomic E-state index is -0.404. The van der Waals surface area contributed by atoms with Gasteiger partial charge in [0.05, 0.1) is 17.3 Å². The van der Waals surface area contributed by atoms with Gasteiger partial charge >= 0.3 is 0 Å². The maximum absolute atomic E-state index is 13.2. The molecule has 3 N–H and O–H groups in total. The number of fused-ring (bicyclic) bond motifs is 1. The Morgan fingerprint density at radius 2 is 1.64 bits per heavy atom. The predicted octanol–water partition coefficient (Wildman–Crippen LogP) is 5.47. The van der Waals surface area contributed by atoms with Gasteiger partial charge in [-0.1, -0.05) is 6.07 Å². The average Bonchev–Trinajstić information content (AvgIpc) is 3.50. The SMILES string of the molecule is O=C(Nc1ccc2nc(-c3ccc(F)cc3)[nH]c2c1)c1cccc(NC(=O)c2ccco2)c1. The van der Waals surface area contributed by atoms with Gasteiger partial charge in [0, 0.05) is 22.5 Å². The van der Waals surface area contributed by atoms with E-state index in [0.717, 1.165) is 16.6 Å². The number of hydrogen-bond donors (Lipinski definition) is 3. The van der Waals surface area contributed by atoms with Crippen molar-refractivity contribution in [2.75, 3.05) is 10.6 Å². The lowest BCUT2D eigenvalue weighted by molar-refractivity contribution is 0.0993. The number of benzene rings is 3. The van der Waals surface area contributed by atoms with Crippen LogP contribution in [0.25, 0.3) is 22.4 Å². The summed E-state index contributed by atoms with van der Waals surface area (Å²) in [5.41, 5.74) is 3.63. The number of carbonyl (C=O) groups excluding carboxylic acids is 2. The molecule has 0 saturated carbocycles. The molecule has 0 aliphatic carbocycles. The predicted molar refractivity (Wildman–Crippen MR) is 123 cm³/mol. The number of rotatable bonds is 5. The van der Waals surface area contributed by atoms with E-state index < -0.39 is 5.91 Å². The number of nitrogens with one attached hydrogen (secondary N) is 3. The Hall–Kier alpha value is -4.72. The second-order valence-electron chi connectivity index (χ2n) is 7.29. The number of carbonyl (C=O) groups is 2. The van der Waals surface area contributed by atoms with Crippen LogP contribution in [0.4, 0.5) is 15.8 Å². The number of hydrogen-bond acceptors (Lipinski definition) is 4. The number of H-pyrrole nitrogens is 1. The number of imidazole rings is 1. The van der Waals surface area contributed by atoms with Crippen LogP contribution in [-0.4, -0.2) is 21.8 Å². The number of halogens is 1. The topological polar surface area (TPSA) is 100 Å². The van der Waals surface area contributed by atoms with Gasteiger partial charge in [-0.05, 0) is 72.8 Å². The van der Waals surface area contributed by atoms with Gasteiger partial charge in [0.25, 0.3) is 11.8 Å². The highest BCUT2D eigenvalue weighted by atomic mass is 19.1. The van der Waals surface area contributed by atoms with Crippen LogP contribution >= 0.6 is 0 Å². The summed E-state index contributed by atoms with van der Waals surface area (Å²) in [7, 11) is 0. The fourth-order valence-corrected chi connectivity index (χ4v) is 3.37. The highest BCUT2D eigenvalue weighted by molar-refractivity contribution is 6.07. The number of furan rings is 1. The van der Waals surface area contributed by atoms with Gasteiger partial charge in [0.15, 0.2) is 5.76 Å². The van der Waals surface area contributed by atoms with E-state index in [1.165, 1.54) is 18.4 Å². The molecule has 5 rings (SSSR count). The molecule has 0 atom stereocenters. The van der Waals surface area contributed by atoms with Gasteiger partial charge in [-0.3, -0.25) is 9.59 Å². The molecule has 5 aromatic rings. The average molecular weight is 440 g/mol. The summed E-state index contributed by atoms with van der Waals surface area (Å²) in [4.78, 5) is 32.6. The molecular weight excluding hydrogens is 423 g/mol. The largest absolute Gasteiger partial charge is 0.459 e.